The predicted octanol–water partition coefficient (Wildman–Crippen LogP) is 4.12. The van der Waals surface area contributed by atoms with Gasteiger partial charge in [-0.1, -0.05) is 24.3 Å². The Hall–Kier alpha value is -3.06. The van der Waals surface area contributed by atoms with Gasteiger partial charge in [0.2, 0.25) is 0 Å². The fourth-order valence-electron chi connectivity index (χ4n) is 2.76. The third-order valence-corrected chi connectivity index (χ3v) is 5.02. The molecule has 0 aliphatic rings. The molecule has 0 fully saturated rings. The number of ether oxygens (including phenoxy) is 4. The van der Waals surface area contributed by atoms with E-state index in [2.05, 4.69) is 4.98 Å². The Morgan fingerprint density at radius 2 is 1.71 bits per heavy atom. The summed E-state index contributed by atoms with van der Waals surface area (Å²) in [5.74, 6) is 1.59. The molecule has 0 spiro atoms. The summed E-state index contributed by atoms with van der Waals surface area (Å²) in [7, 11) is 4.76. The van der Waals surface area contributed by atoms with Crippen LogP contribution < -0.4 is 14.2 Å². The zero-order chi connectivity index (χ0) is 19.9. The molecule has 6 nitrogen and oxygen atoms in total. The number of methoxy groups -OCH3 is 3. The summed E-state index contributed by atoms with van der Waals surface area (Å²) in [5.41, 5.74) is 2.30. The smallest absolute Gasteiger partial charge is 0.310 e. The van der Waals surface area contributed by atoms with E-state index in [1.165, 1.54) is 11.3 Å². The van der Waals surface area contributed by atoms with E-state index in [1.54, 1.807) is 21.3 Å². The van der Waals surface area contributed by atoms with Crippen LogP contribution in [0.3, 0.4) is 0 Å². The van der Waals surface area contributed by atoms with Crippen LogP contribution in [0.5, 0.6) is 17.2 Å². The minimum Gasteiger partial charge on any atom is -0.496 e. The average molecular weight is 399 g/mol. The van der Waals surface area contributed by atoms with E-state index in [0.29, 0.717) is 22.9 Å². The molecule has 0 N–H and O–H groups in total. The fraction of sp³-hybridized carbons (Fsp3) is 0.238. The number of nitrogens with zero attached hydrogens (tertiary/aromatic N) is 1. The Labute approximate surface area is 167 Å². The lowest BCUT2D eigenvalue weighted by atomic mass is 10.1. The summed E-state index contributed by atoms with van der Waals surface area (Å²) in [6.07, 6.45) is 0.144. The topological polar surface area (TPSA) is 66.9 Å². The number of para-hydroxylation sites is 2. The molecule has 0 aliphatic carbocycles. The van der Waals surface area contributed by atoms with Gasteiger partial charge in [0.25, 0.3) is 0 Å². The maximum absolute atomic E-state index is 12.2. The van der Waals surface area contributed by atoms with E-state index < -0.39 is 0 Å². The van der Waals surface area contributed by atoms with Gasteiger partial charge in [0.1, 0.15) is 17.4 Å². The first-order valence-electron chi connectivity index (χ1n) is 8.59. The highest BCUT2D eigenvalue weighted by Gasteiger charge is 2.15. The van der Waals surface area contributed by atoms with Crippen LogP contribution in [0, 0.1) is 0 Å². The lowest BCUT2D eigenvalue weighted by Crippen LogP contribution is -2.09. The molecule has 0 aliphatic heterocycles. The van der Waals surface area contributed by atoms with Gasteiger partial charge in [0, 0.05) is 10.9 Å². The second-order valence-corrected chi connectivity index (χ2v) is 6.69. The minimum absolute atomic E-state index is 0.108. The molecular weight excluding hydrogens is 378 g/mol. The molecule has 3 rings (SSSR count). The summed E-state index contributed by atoms with van der Waals surface area (Å²) in [6, 6.07) is 13.0. The van der Waals surface area contributed by atoms with Crippen molar-refractivity contribution in [2.24, 2.45) is 0 Å². The van der Waals surface area contributed by atoms with Crippen molar-refractivity contribution in [3.05, 3.63) is 59.1 Å². The normalized spacial score (nSPS) is 10.4. The monoisotopic (exact) mass is 399 g/mol. The fourth-order valence-corrected chi connectivity index (χ4v) is 3.59. The molecule has 146 valence electrons. The number of rotatable bonds is 8. The minimum atomic E-state index is -0.335. The van der Waals surface area contributed by atoms with Gasteiger partial charge < -0.3 is 18.9 Å². The van der Waals surface area contributed by atoms with E-state index in [-0.39, 0.29) is 19.0 Å². The number of aromatic nitrogens is 1. The quantitative estimate of drug-likeness (QED) is 0.531. The van der Waals surface area contributed by atoms with Gasteiger partial charge in [-0.3, -0.25) is 4.79 Å². The van der Waals surface area contributed by atoms with Crippen molar-refractivity contribution in [1.29, 1.82) is 0 Å². The number of esters is 1. The average Bonchev–Trinajstić information content (AvgIpc) is 3.20. The van der Waals surface area contributed by atoms with Crippen LogP contribution in [-0.4, -0.2) is 32.3 Å². The maximum atomic E-state index is 12.2. The van der Waals surface area contributed by atoms with Crippen molar-refractivity contribution in [1.82, 2.24) is 4.98 Å². The Morgan fingerprint density at radius 3 is 2.46 bits per heavy atom. The number of carbonyl (C=O) groups excluding carboxylic acids is 1. The van der Waals surface area contributed by atoms with Crippen LogP contribution in [-0.2, 0) is 22.6 Å². The molecule has 0 saturated heterocycles. The van der Waals surface area contributed by atoms with Crippen LogP contribution in [0.15, 0.2) is 47.8 Å². The van der Waals surface area contributed by atoms with Crippen LogP contribution >= 0.6 is 11.3 Å². The molecule has 7 heteroatoms. The first-order valence-corrected chi connectivity index (χ1v) is 9.47. The molecule has 3 aromatic rings. The summed E-state index contributed by atoms with van der Waals surface area (Å²) < 4.78 is 21.4. The zero-order valence-corrected chi connectivity index (χ0v) is 16.7. The van der Waals surface area contributed by atoms with Gasteiger partial charge in [0.05, 0.1) is 39.0 Å². The van der Waals surface area contributed by atoms with E-state index >= 15 is 0 Å². The third-order valence-electron chi connectivity index (χ3n) is 4.09. The standard InChI is InChI=1S/C21H21NO5S/c1-24-17-9-5-4-7-14(17)11-19(23)27-12-15-13-28-21(22-15)16-8-6-10-18(25-2)20(16)26-3/h4-10,13H,11-12H2,1-3H3. The van der Waals surface area contributed by atoms with Gasteiger partial charge in [-0.15, -0.1) is 11.3 Å². The Balaban J connectivity index is 1.66. The molecule has 0 bridgehead atoms. The van der Waals surface area contributed by atoms with Crippen molar-refractivity contribution in [3.8, 4) is 27.8 Å². The largest absolute Gasteiger partial charge is 0.496 e. The third kappa shape index (κ3) is 4.43. The van der Waals surface area contributed by atoms with Gasteiger partial charge in [-0.05, 0) is 18.2 Å². The second-order valence-electron chi connectivity index (χ2n) is 5.83. The highest BCUT2D eigenvalue weighted by molar-refractivity contribution is 7.13. The molecule has 1 aromatic heterocycles. The Kier molecular flexibility index (Phi) is 6.49. The number of benzene rings is 2. The number of hydrogen-bond donors (Lipinski definition) is 0. The van der Waals surface area contributed by atoms with Crippen molar-refractivity contribution in [2.45, 2.75) is 13.0 Å². The number of hydrogen-bond acceptors (Lipinski definition) is 7. The highest BCUT2D eigenvalue weighted by atomic mass is 32.1. The summed E-state index contributed by atoms with van der Waals surface area (Å²) in [4.78, 5) is 16.7. The maximum Gasteiger partial charge on any atom is 0.310 e. The van der Waals surface area contributed by atoms with E-state index in [4.69, 9.17) is 18.9 Å². The van der Waals surface area contributed by atoms with E-state index in [9.17, 15) is 4.79 Å². The number of carbonyl (C=O) groups is 1. The first-order chi connectivity index (χ1) is 13.7. The highest BCUT2D eigenvalue weighted by Crippen LogP contribution is 2.39. The van der Waals surface area contributed by atoms with Crippen molar-refractivity contribution in [3.63, 3.8) is 0 Å². The molecule has 28 heavy (non-hydrogen) atoms. The lowest BCUT2D eigenvalue weighted by Gasteiger charge is -2.10. The lowest BCUT2D eigenvalue weighted by molar-refractivity contribution is -0.144. The van der Waals surface area contributed by atoms with E-state index in [0.717, 1.165) is 16.1 Å². The SMILES string of the molecule is COc1ccccc1CC(=O)OCc1csc(-c2cccc(OC)c2OC)n1. The molecule has 1 heterocycles. The molecule has 0 atom stereocenters. The predicted molar refractivity (Wildman–Crippen MR) is 107 cm³/mol. The molecule has 0 radical (unpaired) electrons. The van der Waals surface area contributed by atoms with E-state index in [1.807, 2.05) is 47.8 Å². The number of thiazole rings is 1. The first kappa shape index (κ1) is 19.7. The van der Waals surface area contributed by atoms with Gasteiger partial charge in [0.15, 0.2) is 11.5 Å². The van der Waals surface area contributed by atoms with Crippen LogP contribution in [0.1, 0.15) is 11.3 Å². The van der Waals surface area contributed by atoms with Crippen LogP contribution in [0.2, 0.25) is 0 Å². The molecule has 0 saturated carbocycles. The molecular formula is C21H21NO5S. The molecule has 0 amide bonds. The zero-order valence-electron chi connectivity index (χ0n) is 15.9. The van der Waals surface area contributed by atoms with Gasteiger partial charge in [-0.25, -0.2) is 4.98 Å². The van der Waals surface area contributed by atoms with Gasteiger partial charge >= 0.3 is 5.97 Å². The van der Waals surface area contributed by atoms with Crippen molar-refractivity contribution in [2.75, 3.05) is 21.3 Å². The van der Waals surface area contributed by atoms with Gasteiger partial charge in [-0.2, -0.15) is 0 Å². The summed E-state index contributed by atoms with van der Waals surface area (Å²) in [5, 5.41) is 2.64. The summed E-state index contributed by atoms with van der Waals surface area (Å²) >= 11 is 1.46. The Bertz CT molecular complexity index is 953. The van der Waals surface area contributed by atoms with Crippen molar-refractivity contribution < 1.29 is 23.7 Å². The van der Waals surface area contributed by atoms with Crippen LogP contribution in [0.25, 0.3) is 10.6 Å². The summed E-state index contributed by atoms with van der Waals surface area (Å²) in [6.45, 7) is 0.108. The molecule has 2 aromatic carbocycles. The van der Waals surface area contributed by atoms with Crippen molar-refractivity contribution >= 4 is 17.3 Å². The second kappa shape index (κ2) is 9.23. The molecule has 0 unspecified atom stereocenters. The van der Waals surface area contributed by atoms with Crippen LogP contribution in [0.4, 0.5) is 0 Å². The Morgan fingerprint density at radius 1 is 0.964 bits per heavy atom.